The molecule has 1 aromatic heterocycles. The lowest BCUT2D eigenvalue weighted by atomic mass is 9.83. The van der Waals surface area contributed by atoms with E-state index in [4.69, 9.17) is 15.2 Å². The number of hydrogen-bond acceptors (Lipinski definition) is 4. The Morgan fingerprint density at radius 1 is 1.32 bits per heavy atom. The number of aromatic nitrogens is 1. The summed E-state index contributed by atoms with van der Waals surface area (Å²) in [6.07, 6.45) is 7.54. The fourth-order valence-corrected chi connectivity index (χ4v) is 2.44. The molecule has 4 heteroatoms. The van der Waals surface area contributed by atoms with Gasteiger partial charge in [-0.05, 0) is 38.8 Å². The van der Waals surface area contributed by atoms with Crippen molar-refractivity contribution < 1.29 is 9.47 Å². The smallest absolute Gasteiger partial charge is 0.257 e. The second-order valence-corrected chi connectivity index (χ2v) is 5.69. The highest BCUT2D eigenvalue weighted by atomic mass is 16.5. The van der Waals surface area contributed by atoms with Crippen LogP contribution in [0.5, 0.6) is 11.6 Å². The Bertz CT molecular complexity index is 401. The number of ether oxygens (including phenoxy) is 2. The van der Waals surface area contributed by atoms with Crippen LogP contribution >= 0.6 is 0 Å². The van der Waals surface area contributed by atoms with Crippen LogP contribution in [0.3, 0.4) is 0 Å². The Labute approximate surface area is 115 Å². The second-order valence-electron chi connectivity index (χ2n) is 5.69. The lowest BCUT2D eigenvalue weighted by Gasteiger charge is -2.32. The molecular formula is C15H24N2O2. The van der Waals surface area contributed by atoms with Crippen LogP contribution in [0.4, 0.5) is 0 Å². The molecule has 0 atom stereocenters. The molecule has 0 amide bonds. The van der Waals surface area contributed by atoms with Crippen molar-refractivity contribution in [3.05, 3.63) is 18.3 Å². The number of rotatable bonds is 5. The average molecular weight is 264 g/mol. The van der Waals surface area contributed by atoms with Crippen LogP contribution in [0, 0.1) is 0 Å². The van der Waals surface area contributed by atoms with Crippen molar-refractivity contribution in [3.8, 4) is 11.6 Å². The van der Waals surface area contributed by atoms with E-state index in [0.717, 1.165) is 12.8 Å². The van der Waals surface area contributed by atoms with Gasteiger partial charge in [0, 0.05) is 6.20 Å². The van der Waals surface area contributed by atoms with Crippen LogP contribution in [0.2, 0.25) is 0 Å². The molecule has 1 heterocycles. The fraction of sp³-hybridized carbons (Fsp3) is 0.667. The summed E-state index contributed by atoms with van der Waals surface area (Å²) in [5.41, 5.74) is 6.16. The molecule has 0 bridgehead atoms. The minimum absolute atomic E-state index is 0.105. The van der Waals surface area contributed by atoms with Gasteiger partial charge < -0.3 is 15.2 Å². The van der Waals surface area contributed by atoms with Crippen molar-refractivity contribution in [2.24, 2.45) is 5.73 Å². The molecule has 0 aliphatic heterocycles. The fourth-order valence-electron chi connectivity index (χ4n) is 2.44. The predicted octanol–water partition coefficient (Wildman–Crippen LogP) is 2.91. The summed E-state index contributed by atoms with van der Waals surface area (Å²) in [6, 6.07) is 3.73. The van der Waals surface area contributed by atoms with Gasteiger partial charge in [0.25, 0.3) is 5.88 Å². The maximum atomic E-state index is 6.36. The van der Waals surface area contributed by atoms with Crippen molar-refractivity contribution in [3.63, 3.8) is 0 Å². The van der Waals surface area contributed by atoms with Gasteiger partial charge >= 0.3 is 0 Å². The van der Waals surface area contributed by atoms with Gasteiger partial charge in [0.1, 0.15) is 6.61 Å². The Kier molecular flexibility index (Phi) is 4.64. The van der Waals surface area contributed by atoms with Crippen LogP contribution in [0.1, 0.15) is 46.0 Å². The van der Waals surface area contributed by atoms with E-state index in [1.165, 1.54) is 19.3 Å². The Morgan fingerprint density at radius 3 is 2.74 bits per heavy atom. The molecule has 0 radical (unpaired) electrons. The minimum Gasteiger partial charge on any atom is -0.485 e. The summed E-state index contributed by atoms with van der Waals surface area (Å²) in [6.45, 7) is 4.49. The van der Waals surface area contributed by atoms with E-state index in [1.807, 2.05) is 26.0 Å². The van der Waals surface area contributed by atoms with Gasteiger partial charge in [0.05, 0.1) is 11.6 Å². The molecule has 2 N–H and O–H groups in total. The lowest BCUT2D eigenvalue weighted by Crippen LogP contribution is -2.47. The summed E-state index contributed by atoms with van der Waals surface area (Å²) in [4.78, 5) is 4.24. The highest BCUT2D eigenvalue weighted by molar-refractivity contribution is 5.32. The third-order valence-electron chi connectivity index (χ3n) is 3.44. The van der Waals surface area contributed by atoms with E-state index < -0.39 is 0 Å². The SMILES string of the molecule is CC(C)Oc1cccnc1OCC1(N)CCCCC1. The molecular weight excluding hydrogens is 240 g/mol. The van der Waals surface area contributed by atoms with E-state index in [1.54, 1.807) is 6.20 Å². The van der Waals surface area contributed by atoms with Crippen LogP contribution < -0.4 is 15.2 Å². The lowest BCUT2D eigenvalue weighted by molar-refractivity contribution is 0.156. The first-order chi connectivity index (χ1) is 9.09. The number of nitrogens with zero attached hydrogens (tertiary/aromatic N) is 1. The molecule has 1 aliphatic carbocycles. The van der Waals surface area contributed by atoms with Crippen LogP contribution in [0.15, 0.2) is 18.3 Å². The van der Waals surface area contributed by atoms with Crippen LogP contribution in [0.25, 0.3) is 0 Å². The number of hydrogen-bond donors (Lipinski definition) is 1. The van der Waals surface area contributed by atoms with E-state index in [-0.39, 0.29) is 11.6 Å². The molecule has 0 aromatic carbocycles. The summed E-state index contributed by atoms with van der Waals surface area (Å²) in [5.74, 6) is 1.24. The third kappa shape index (κ3) is 4.10. The summed E-state index contributed by atoms with van der Waals surface area (Å²) >= 11 is 0. The van der Waals surface area contributed by atoms with Gasteiger partial charge in [-0.3, -0.25) is 0 Å². The van der Waals surface area contributed by atoms with E-state index >= 15 is 0 Å². The highest BCUT2D eigenvalue weighted by Crippen LogP contribution is 2.29. The van der Waals surface area contributed by atoms with E-state index in [0.29, 0.717) is 18.2 Å². The zero-order valence-electron chi connectivity index (χ0n) is 11.9. The molecule has 1 aliphatic rings. The van der Waals surface area contributed by atoms with Gasteiger partial charge in [-0.25, -0.2) is 4.98 Å². The van der Waals surface area contributed by atoms with Gasteiger partial charge in [0.2, 0.25) is 0 Å². The van der Waals surface area contributed by atoms with Gasteiger partial charge in [0.15, 0.2) is 5.75 Å². The average Bonchev–Trinajstić information content (AvgIpc) is 2.38. The van der Waals surface area contributed by atoms with Gasteiger partial charge in [-0.2, -0.15) is 0 Å². The third-order valence-corrected chi connectivity index (χ3v) is 3.44. The van der Waals surface area contributed by atoms with Crippen molar-refractivity contribution in [2.75, 3.05) is 6.61 Å². The topological polar surface area (TPSA) is 57.4 Å². The summed E-state index contributed by atoms with van der Waals surface area (Å²) in [7, 11) is 0. The number of nitrogens with two attached hydrogens (primary N) is 1. The van der Waals surface area contributed by atoms with E-state index in [2.05, 4.69) is 4.98 Å². The monoisotopic (exact) mass is 264 g/mol. The standard InChI is InChI=1S/C15H24N2O2/c1-12(2)19-13-7-6-10-17-14(13)18-11-15(16)8-4-3-5-9-15/h6-7,10,12H,3-5,8-9,11,16H2,1-2H3. The summed E-state index contributed by atoms with van der Waals surface area (Å²) in [5, 5.41) is 0. The molecule has 0 saturated heterocycles. The quantitative estimate of drug-likeness (QED) is 0.888. The van der Waals surface area contributed by atoms with Gasteiger partial charge in [-0.15, -0.1) is 0 Å². The number of pyridine rings is 1. The first-order valence-electron chi connectivity index (χ1n) is 7.12. The van der Waals surface area contributed by atoms with Crippen molar-refractivity contribution >= 4 is 0 Å². The van der Waals surface area contributed by atoms with Crippen molar-refractivity contribution in [1.82, 2.24) is 4.98 Å². The first kappa shape index (κ1) is 14.1. The Hall–Kier alpha value is -1.29. The van der Waals surface area contributed by atoms with Crippen LogP contribution in [-0.2, 0) is 0 Å². The minimum atomic E-state index is -0.203. The van der Waals surface area contributed by atoms with Crippen molar-refractivity contribution in [1.29, 1.82) is 0 Å². The molecule has 19 heavy (non-hydrogen) atoms. The molecule has 2 rings (SSSR count). The first-order valence-corrected chi connectivity index (χ1v) is 7.12. The van der Waals surface area contributed by atoms with E-state index in [9.17, 15) is 0 Å². The molecule has 0 spiro atoms. The Balaban J connectivity index is 1.98. The molecule has 106 valence electrons. The highest BCUT2D eigenvalue weighted by Gasteiger charge is 2.28. The molecule has 4 nitrogen and oxygen atoms in total. The van der Waals surface area contributed by atoms with Crippen LogP contribution in [-0.4, -0.2) is 23.2 Å². The maximum Gasteiger partial charge on any atom is 0.257 e. The van der Waals surface area contributed by atoms with Crippen molar-refractivity contribution in [2.45, 2.75) is 57.6 Å². The molecule has 1 fully saturated rings. The zero-order chi connectivity index (χ0) is 13.7. The second kappa shape index (κ2) is 6.24. The largest absolute Gasteiger partial charge is 0.485 e. The predicted molar refractivity (Wildman–Crippen MR) is 75.5 cm³/mol. The maximum absolute atomic E-state index is 6.36. The summed E-state index contributed by atoms with van der Waals surface area (Å²) < 4.78 is 11.5. The normalized spacial score (nSPS) is 18.3. The molecule has 1 aromatic rings. The zero-order valence-corrected chi connectivity index (χ0v) is 11.9. The molecule has 0 unspecified atom stereocenters. The molecule has 1 saturated carbocycles. The Morgan fingerprint density at radius 2 is 2.05 bits per heavy atom. The van der Waals surface area contributed by atoms with Gasteiger partial charge in [-0.1, -0.05) is 19.3 Å².